The molecule has 0 saturated carbocycles. The SMILES string of the molecule is CCCCCCCCCCCCCCCCCCC(C)(C)C(=O)ON. The topological polar surface area (TPSA) is 52.3 Å². The summed E-state index contributed by atoms with van der Waals surface area (Å²) in [5.41, 5.74) is -0.440. The van der Waals surface area contributed by atoms with Gasteiger partial charge in [-0.05, 0) is 20.3 Å². The predicted octanol–water partition coefficient (Wildman–Crippen LogP) is 7.08. The molecule has 0 bridgehead atoms. The van der Waals surface area contributed by atoms with Crippen LogP contribution in [0.15, 0.2) is 0 Å². The molecule has 0 aliphatic rings. The van der Waals surface area contributed by atoms with Gasteiger partial charge in [0.1, 0.15) is 0 Å². The van der Waals surface area contributed by atoms with Gasteiger partial charge < -0.3 is 4.84 Å². The Kier molecular flexibility index (Phi) is 16.5. The summed E-state index contributed by atoms with van der Waals surface area (Å²) in [5.74, 6) is 4.67. The number of hydrogen-bond acceptors (Lipinski definition) is 3. The quantitative estimate of drug-likeness (QED) is 0.211. The molecule has 0 heterocycles. The third-order valence-electron chi connectivity index (χ3n) is 5.31. The minimum absolute atomic E-state index is 0.298. The van der Waals surface area contributed by atoms with Gasteiger partial charge in [-0.3, -0.25) is 0 Å². The van der Waals surface area contributed by atoms with Crippen LogP contribution in [-0.4, -0.2) is 5.97 Å². The molecular formula is C22H45NO2. The summed E-state index contributed by atoms with van der Waals surface area (Å²) >= 11 is 0. The first-order valence-corrected chi connectivity index (χ1v) is 11.0. The zero-order valence-electron chi connectivity index (χ0n) is 17.4. The van der Waals surface area contributed by atoms with E-state index in [-0.39, 0.29) is 5.97 Å². The molecule has 2 N–H and O–H groups in total. The maximum Gasteiger partial charge on any atom is 0.329 e. The van der Waals surface area contributed by atoms with Gasteiger partial charge in [0.2, 0.25) is 0 Å². The maximum atomic E-state index is 11.5. The van der Waals surface area contributed by atoms with E-state index in [1.54, 1.807) is 0 Å². The lowest BCUT2D eigenvalue weighted by molar-refractivity contribution is -0.155. The van der Waals surface area contributed by atoms with Gasteiger partial charge in [-0.15, -0.1) is 0 Å². The summed E-state index contributed by atoms with van der Waals surface area (Å²) in [6.45, 7) is 6.10. The van der Waals surface area contributed by atoms with E-state index < -0.39 is 5.41 Å². The van der Waals surface area contributed by atoms with Crippen molar-refractivity contribution in [3.8, 4) is 0 Å². The summed E-state index contributed by atoms with van der Waals surface area (Å²) < 4.78 is 0. The molecule has 0 radical (unpaired) electrons. The first-order valence-electron chi connectivity index (χ1n) is 11.0. The van der Waals surface area contributed by atoms with E-state index in [0.29, 0.717) is 0 Å². The van der Waals surface area contributed by atoms with E-state index in [4.69, 9.17) is 5.90 Å². The highest BCUT2D eigenvalue weighted by atomic mass is 16.7. The lowest BCUT2D eigenvalue weighted by Crippen LogP contribution is -2.28. The lowest BCUT2D eigenvalue weighted by atomic mass is 9.87. The Hall–Kier alpha value is -0.570. The van der Waals surface area contributed by atoms with Gasteiger partial charge in [-0.1, -0.05) is 110 Å². The van der Waals surface area contributed by atoms with Crippen LogP contribution in [-0.2, 0) is 9.63 Å². The second-order valence-electron chi connectivity index (χ2n) is 8.34. The fourth-order valence-electron chi connectivity index (χ4n) is 3.38. The second kappa shape index (κ2) is 16.9. The van der Waals surface area contributed by atoms with Gasteiger partial charge in [0, 0.05) is 0 Å². The third kappa shape index (κ3) is 15.4. The minimum atomic E-state index is -0.440. The van der Waals surface area contributed by atoms with E-state index >= 15 is 0 Å². The van der Waals surface area contributed by atoms with Crippen LogP contribution in [0.4, 0.5) is 0 Å². The highest BCUT2D eigenvalue weighted by Crippen LogP contribution is 2.25. The molecule has 0 aromatic rings. The molecule has 0 rings (SSSR count). The third-order valence-corrected chi connectivity index (χ3v) is 5.31. The number of unbranched alkanes of at least 4 members (excludes halogenated alkanes) is 15. The average molecular weight is 356 g/mol. The van der Waals surface area contributed by atoms with Crippen LogP contribution in [0, 0.1) is 5.41 Å². The Bertz CT molecular complexity index is 302. The van der Waals surface area contributed by atoms with Crippen molar-refractivity contribution in [2.24, 2.45) is 11.3 Å². The van der Waals surface area contributed by atoms with Crippen LogP contribution in [0.1, 0.15) is 130 Å². The smallest absolute Gasteiger partial charge is 0.329 e. The molecular weight excluding hydrogens is 310 g/mol. The van der Waals surface area contributed by atoms with Gasteiger partial charge in [0.05, 0.1) is 5.41 Å². The standard InChI is InChI=1S/C22H45NO2/c1-4-5-6-7-8-9-10-11-12-13-14-15-16-17-18-19-20-22(2,3)21(24)25-23/h4-20,23H2,1-3H3. The second-order valence-corrected chi connectivity index (χ2v) is 8.34. The minimum Gasteiger partial charge on any atom is -0.373 e. The van der Waals surface area contributed by atoms with E-state index in [9.17, 15) is 4.79 Å². The molecule has 0 unspecified atom stereocenters. The largest absolute Gasteiger partial charge is 0.373 e. The summed E-state index contributed by atoms with van der Waals surface area (Å²) in [4.78, 5) is 15.8. The Morgan fingerprint density at radius 3 is 1.32 bits per heavy atom. The predicted molar refractivity (Wildman–Crippen MR) is 108 cm³/mol. The van der Waals surface area contributed by atoms with E-state index in [1.165, 1.54) is 96.3 Å². The highest BCUT2D eigenvalue weighted by molar-refractivity contribution is 5.75. The van der Waals surface area contributed by atoms with Crippen LogP contribution < -0.4 is 5.90 Å². The number of carbonyl (C=O) groups is 1. The van der Waals surface area contributed by atoms with E-state index in [1.807, 2.05) is 13.8 Å². The normalized spacial score (nSPS) is 11.7. The van der Waals surface area contributed by atoms with Crippen LogP contribution in [0.5, 0.6) is 0 Å². The average Bonchev–Trinajstić information content (AvgIpc) is 2.60. The van der Waals surface area contributed by atoms with Gasteiger partial charge >= 0.3 is 5.97 Å². The lowest BCUT2D eigenvalue weighted by Gasteiger charge is -2.20. The number of nitrogens with two attached hydrogens (primary N) is 1. The summed E-state index contributed by atoms with van der Waals surface area (Å²) in [7, 11) is 0. The molecule has 0 spiro atoms. The van der Waals surface area contributed by atoms with Crippen LogP contribution in [0.3, 0.4) is 0 Å². The molecule has 0 amide bonds. The molecule has 0 aromatic heterocycles. The molecule has 0 fully saturated rings. The molecule has 3 heteroatoms. The Morgan fingerprint density at radius 2 is 1.00 bits per heavy atom. The van der Waals surface area contributed by atoms with Crippen molar-refractivity contribution < 1.29 is 9.63 Å². The van der Waals surface area contributed by atoms with Gasteiger partial charge in [0.15, 0.2) is 0 Å². The van der Waals surface area contributed by atoms with Crippen LogP contribution in [0.2, 0.25) is 0 Å². The zero-order chi connectivity index (χ0) is 18.8. The van der Waals surface area contributed by atoms with E-state index in [0.717, 1.165) is 12.8 Å². The first kappa shape index (κ1) is 24.4. The van der Waals surface area contributed by atoms with E-state index in [2.05, 4.69) is 11.8 Å². The van der Waals surface area contributed by atoms with Crippen molar-refractivity contribution in [2.75, 3.05) is 0 Å². The number of rotatable bonds is 18. The van der Waals surface area contributed by atoms with Crippen molar-refractivity contribution >= 4 is 5.97 Å². The fraction of sp³-hybridized carbons (Fsp3) is 0.955. The molecule has 0 atom stereocenters. The fourth-order valence-corrected chi connectivity index (χ4v) is 3.38. The van der Waals surface area contributed by atoms with Crippen molar-refractivity contribution in [3.63, 3.8) is 0 Å². The molecule has 150 valence electrons. The first-order chi connectivity index (χ1) is 12.0. The van der Waals surface area contributed by atoms with Gasteiger partial charge in [0.25, 0.3) is 0 Å². The highest BCUT2D eigenvalue weighted by Gasteiger charge is 2.28. The zero-order valence-corrected chi connectivity index (χ0v) is 17.4. The van der Waals surface area contributed by atoms with Crippen LogP contribution >= 0.6 is 0 Å². The molecule has 0 saturated heterocycles. The number of carbonyl (C=O) groups excluding carboxylic acids is 1. The van der Waals surface area contributed by atoms with Gasteiger partial charge in [-0.2, -0.15) is 5.90 Å². The van der Waals surface area contributed by atoms with Crippen molar-refractivity contribution in [3.05, 3.63) is 0 Å². The Morgan fingerprint density at radius 1 is 0.680 bits per heavy atom. The maximum absolute atomic E-state index is 11.5. The van der Waals surface area contributed by atoms with Crippen molar-refractivity contribution in [1.82, 2.24) is 0 Å². The molecule has 0 aliphatic carbocycles. The molecule has 3 nitrogen and oxygen atoms in total. The van der Waals surface area contributed by atoms with Crippen molar-refractivity contribution in [2.45, 2.75) is 130 Å². The molecule has 25 heavy (non-hydrogen) atoms. The Balaban J connectivity index is 3.20. The van der Waals surface area contributed by atoms with Crippen molar-refractivity contribution in [1.29, 1.82) is 0 Å². The monoisotopic (exact) mass is 355 g/mol. The summed E-state index contributed by atoms with van der Waals surface area (Å²) in [5, 5.41) is 0. The van der Waals surface area contributed by atoms with Crippen LogP contribution in [0.25, 0.3) is 0 Å². The number of hydrogen-bond donors (Lipinski definition) is 1. The summed E-state index contributed by atoms with van der Waals surface area (Å²) in [6, 6.07) is 0. The summed E-state index contributed by atoms with van der Waals surface area (Å²) in [6.07, 6.45) is 22.8. The van der Waals surface area contributed by atoms with Gasteiger partial charge in [-0.25, -0.2) is 4.79 Å². The Labute approximate surface area is 157 Å². The molecule has 0 aromatic carbocycles. The molecule has 0 aliphatic heterocycles.